The summed E-state index contributed by atoms with van der Waals surface area (Å²) in [6, 6.07) is 16.9. The zero-order valence-corrected chi connectivity index (χ0v) is 13.7. The van der Waals surface area contributed by atoms with Gasteiger partial charge in [-0.1, -0.05) is 30.3 Å². The summed E-state index contributed by atoms with van der Waals surface area (Å²) in [7, 11) is 1.62. The molecule has 0 aliphatic carbocycles. The summed E-state index contributed by atoms with van der Waals surface area (Å²) < 4.78 is 10.5. The Kier molecular flexibility index (Phi) is 3.82. The van der Waals surface area contributed by atoms with Crippen LogP contribution in [0.25, 0.3) is 21.7 Å². The molecule has 0 unspecified atom stereocenters. The molecule has 0 aliphatic rings. The summed E-state index contributed by atoms with van der Waals surface area (Å²) in [6.45, 7) is 0.223. The molecule has 4 aromatic rings. The topological polar surface area (TPSA) is 64.2 Å². The molecule has 3 aromatic carbocycles. The number of methoxy groups -OCH3 is 1. The van der Waals surface area contributed by atoms with E-state index >= 15 is 0 Å². The van der Waals surface area contributed by atoms with E-state index in [1.165, 1.54) is 0 Å². The molecule has 1 heterocycles. The van der Waals surface area contributed by atoms with Crippen LogP contribution in [0.1, 0.15) is 15.9 Å². The first kappa shape index (κ1) is 15.2. The van der Waals surface area contributed by atoms with Gasteiger partial charge in [-0.2, -0.15) is 5.10 Å². The van der Waals surface area contributed by atoms with Crippen molar-refractivity contribution in [3.8, 4) is 5.75 Å². The van der Waals surface area contributed by atoms with Crippen molar-refractivity contribution in [1.82, 2.24) is 10.2 Å². The first-order chi connectivity index (χ1) is 12.2. The van der Waals surface area contributed by atoms with E-state index in [1.807, 2.05) is 48.5 Å². The number of ether oxygens (including phenoxy) is 2. The van der Waals surface area contributed by atoms with E-state index in [0.717, 1.165) is 33.0 Å². The molecule has 124 valence electrons. The fourth-order valence-electron chi connectivity index (χ4n) is 2.83. The molecule has 0 radical (unpaired) electrons. The number of carbonyl (C=O) groups is 1. The number of hydrogen-bond donors (Lipinski definition) is 1. The average molecular weight is 332 g/mol. The molecule has 4 rings (SSSR count). The molecule has 0 saturated carbocycles. The van der Waals surface area contributed by atoms with Gasteiger partial charge in [0, 0.05) is 10.8 Å². The van der Waals surface area contributed by atoms with Crippen molar-refractivity contribution in [2.75, 3.05) is 7.11 Å². The fraction of sp³-hybridized carbons (Fsp3) is 0.100. The zero-order valence-electron chi connectivity index (χ0n) is 13.7. The highest BCUT2D eigenvalue weighted by atomic mass is 16.5. The van der Waals surface area contributed by atoms with Crippen LogP contribution >= 0.6 is 0 Å². The first-order valence-electron chi connectivity index (χ1n) is 7.90. The van der Waals surface area contributed by atoms with Crippen molar-refractivity contribution < 1.29 is 14.3 Å². The van der Waals surface area contributed by atoms with Gasteiger partial charge in [-0.05, 0) is 35.2 Å². The number of benzene rings is 3. The van der Waals surface area contributed by atoms with E-state index in [2.05, 4.69) is 10.2 Å². The van der Waals surface area contributed by atoms with E-state index in [-0.39, 0.29) is 12.6 Å². The van der Waals surface area contributed by atoms with Crippen molar-refractivity contribution in [3.05, 3.63) is 71.9 Å². The highest BCUT2D eigenvalue weighted by molar-refractivity contribution is 6.07. The van der Waals surface area contributed by atoms with Crippen LogP contribution in [0, 0.1) is 0 Å². The molecule has 1 N–H and O–H groups in total. The smallest absolute Gasteiger partial charge is 0.338 e. The summed E-state index contributed by atoms with van der Waals surface area (Å²) in [5.41, 5.74) is 2.41. The lowest BCUT2D eigenvalue weighted by molar-refractivity contribution is 0.0473. The number of esters is 1. The van der Waals surface area contributed by atoms with Gasteiger partial charge >= 0.3 is 5.97 Å². The number of nitrogens with one attached hydrogen (secondary N) is 1. The molecule has 0 aliphatic heterocycles. The maximum atomic E-state index is 12.3. The molecule has 0 amide bonds. The Morgan fingerprint density at radius 2 is 1.84 bits per heavy atom. The standard InChI is InChI=1S/C20H16N2O3/c1-24-17-7-2-13(3-8-17)12-25-20(23)15-6-9-18-14(10-15)4-5-16-11-21-22-19(16)18/h2-11H,12H2,1H3,(H,21,22). The van der Waals surface area contributed by atoms with Gasteiger partial charge in [-0.3, -0.25) is 5.10 Å². The third-order valence-electron chi connectivity index (χ3n) is 4.20. The van der Waals surface area contributed by atoms with Crippen molar-refractivity contribution in [1.29, 1.82) is 0 Å². The number of nitrogens with zero attached hydrogens (tertiary/aromatic N) is 1. The number of rotatable bonds is 4. The van der Waals surface area contributed by atoms with Gasteiger partial charge in [0.25, 0.3) is 0 Å². The Hall–Kier alpha value is -3.34. The largest absolute Gasteiger partial charge is 0.497 e. The zero-order chi connectivity index (χ0) is 17.2. The van der Waals surface area contributed by atoms with Crippen LogP contribution in [0.2, 0.25) is 0 Å². The van der Waals surface area contributed by atoms with Gasteiger partial charge in [0.2, 0.25) is 0 Å². The molecule has 5 nitrogen and oxygen atoms in total. The second-order valence-corrected chi connectivity index (χ2v) is 5.76. The predicted octanol–water partition coefficient (Wildman–Crippen LogP) is 4.08. The highest BCUT2D eigenvalue weighted by Crippen LogP contribution is 2.24. The second-order valence-electron chi connectivity index (χ2n) is 5.76. The van der Waals surface area contributed by atoms with Gasteiger partial charge in [0.1, 0.15) is 12.4 Å². The number of fused-ring (bicyclic) bond motifs is 3. The minimum absolute atomic E-state index is 0.223. The third-order valence-corrected chi connectivity index (χ3v) is 4.20. The number of aromatic amines is 1. The molecule has 0 atom stereocenters. The van der Waals surface area contributed by atoms with E-state index < -0.39 is 0 Å². The Morgan fingerprint density at radius 1 is 1.04 bits per heavy atom. The molecule has 1 aromatic heterocycles. The Labute approximate surface area is 144 Å². The molecule has 0 fully saturated rings. The third kappa shape index (κ3) is 2.92. The van der Waals surface area contributed by atoms with Gasteiger partial charge in [0.05, 0.1) is 24.4 Å². The minimum Gasteiger partial charge on any atom is -0.497 e. The summed E-state index contributed by atoms with van der Waals surface area (Å²) in [5.74, 6) is 0.428. The fourth-order valence-corrected chi connectivity index (χ4v) is 2.83. The molecule has 0 spiro atoms. The van der Waals surface area contributed by atoms with Crippen LogP contribution in [-0.2, 0) is 11.3 Å². The van der Waals surface area contributed by atoms with E-state index in [0.29, 0.717) is 5.56 Å². The maximum Gasteiger partial charge on any atom is 0.338 e. The van der Waals surface area contributed by atoms with Crippen molar-refractivity contribution in [2.45, 2.75) is 6.61 Å². The van der Waals surface area contributed by atoms with Crippen LogP contribution in [0.15, 0.2) is 60.8 Å². The van der Waals surface area contributed by atoms with Gasteiger partial charge in [-0.25, -0.2) is 4.79 Å². The van der Waals surface area contributed by atoms with Crippen LogP contribution in [0.4, 0.5) is 0 Å². The molecule has 5 heteroatoms. The lowest BCUT2D eigenvalue weighted by atomic mass is 10.0. The van der Waals surface area contributed by atoms with Gasteiger partial charge in [-0.15, -0.1) is 0 Å². The van der Waals surface area contributed by atoms with Gasteiger partial charge in [0.15, 0.2) is 0 Å². The average Bonchev–Trinajstić information content (AvgIpc) is 3.15. The molecule has 0 bridgehead atoms. The minimum atomic E-state index is -0.345. The monoisotopic (exact) mass is 332 g/mol. The van der Waals surface area contributed by atoms with E-state index in [1.54, 1.807) is 19.4 Å². The summed E-state index contributed by atoms with van der Waals surface area (Å²) in [6.07, 6.45) is 1.78. The molecular weight excluding hydrogens is 316 g/mol. The van der Waals surface area contributed by atoms with Gasteiger partial charge < -0.3 is 9.47 Å². The summed E-state index contributed by atoms with van der Waals surface area (Å²) in [4.78, 5) is 12.3. The van der Waals surface area contributed by atoms with E-state index in [4.69, 9.17) is 9.47 Å². The number of hydrogen-bond acceptors (Lipinski definition) is 4. The first-order valence-corrected chi connectivity index (χ1v) is 7.90. The summed E-state index contributed by atoms with van der Waals surface area (Å²) in [5, 5.41) is 10.1. The normalized spacial score (nSPS) is 10.9. The number of aromatic nitrogens is 2. The molecular formula is C20H16N2O3. The van der Waals surface area contributed by atoms with E-state index in [9.17, 15) is 4.79 Å². The van der Waals surface area contributed by atoms with Crippen molar-refractivity contribution >= 4 is 27.6 Å². The lowest BCUT2D eigenvalue weighted by Gasteiger charge is -2.07. The summed E-state index contributed by atoms with van der Waals surface area (Å²) >= 11 is 0. The Morgan fingerprint density at radius 3 is 2.64 bits per heavy atom. The SMILES string of the molecule is COc1ccc(COC(=O)c2ccc3c(ccc4cn[nH]c43)c2)cc1. The predicted molar refractivity (Wildman–Crippen MR) is 95.7 cm³/mol. The van der Waals surface area contributed by atoms with Crippen LogP contribution in [-0.4, -0.2) is 23.3 Å². The van der Waals surface area contributed by atoms with Crippen LogP contribution in [0.5, 0.6) is 5.75 Å². The van der Waals surface area contributed by atoms with Crippen LogP contribution < -0.4 is 4.74 Å². The van der Waals surface area contributed by atoms with Crippen LogP contribution in [0.3, 0.4) is 0 Å². The van der Waals surface area contributed by atoms with Crippen molar-refractivity contribution in [2.24, 2.45) is 0 Å². The second kappa shape index (κ2) is 6.28. The Balaban J connectivity index is 1.53. The molecule has 25 heavy (non-hydrogen) atoms. The number of H-pyrrole nitrogens is 1. The maximum absolute atomic E-state index is 12.3. The highest BCUT2D eigenvalue weighted by Gasteiger charge is 2.10. The number of carbonyl (C=O) groups excluding carboxylic acids is 1. The Bertz CT molecular complexity index is 1050. The van der Waals surface area contributed by atoms with Crippen molar-refractivity contribution in [3.63, 3.8) is 0 Å². The molecule has 0 saturated heterocycles. The lowest BCUT2D eigenvalue weighted by Crippen LogP contribution is -2.05. The quantitative estimate of drug-likeness (QED) is 0.572.